The van der Waals surface area contributed by atoms with Crippen LogP contribution in [0.25, 0.3) is 0 Å². The minimum absolute atomic E-state index is 0.0199. The van der Waals surface area contributed by atoms with Crippen molar-refractivity contribution in [1.29, 1.82) is 10.5 Å². The molecule has 0 aromatic heterocycles. The Bertz CT molecular complexity index is 581. The summed E-state index contributed by atoms with van der Waals surface area (Å²) in [6.07, 6.45) is 1.06. The molecule has 0 aliphatic rings. The number of carbonyl (C=O) groups is 1. The Kier molecular flexibility index (Phi) is 5.06. The molecule has 0 saturated heterocycles. The molecular formula is C13H10FN3O2. The van der Waals surface area contributed by atoms with Crippen LogP contribution in [-0.2, 0) is 4.74 Å². The summed E-state index contributed by atoms with van der Waals surface area (Å²) in [6, 6.07) is 6.88. The van der Waals surface area contributed by atoms with Gasteiger partial charge >= 0.3 is 5.97 Å². The second-order valence-corrected chi connectivity index (χ2v) is 3.34. The normalized spacial score (nSPS) is 8.84. The maximum absolute atomic E-state index is 13.5. The van der Waals surface area contributed by atoms with Gasteiger partial charge in [-0.15, -0.1) is 0 Å². The fourth-order valence-corrected chi connectivity index (χ4v) is 1.22. The van der Waals surface area contributed by atoms with E-state index in [0.29, 0.717) is 0 Å². The highest BCUT2D eigenvalue weighted by molar-refractivity contribution is 5.90. The maximum atomic E-state index is 13.5. The second kappa shape index (κ2) is 6.77. The van der Waals surface area contributed by atoms with Crippen LogP contribution >= 0.6 is 0 Å². The molecule has 0 atom stereocenters. The van der Waals surface area contributed by atoms with Crippen molar-refractivity contribution in [2.75, 3.05) is 11.9 Å². The number of benzene rings is 1. The minimum atomic E-state index is -0.612. The van der Waals surface area contributed by atoms with Crippen LogP contribution in [0.5, 0.6) is 0 Å². The third kappa shape index (κ3) is 3.83. The fourth-order valence-electron chi connectivity index (χ4n) is 1.22. The van der Waals surface area contributed by atoms with Crippen LogP contribution in [0.2, 0.25) is 0 Å². The first kappa shape index (κ1) is 14.2. The Morgan fingerprint density at radius 2 is 2.16 bits per heavy atom. The van der Waals surface area contributed by atoms with Gasteiger partial charge in [0.05, 0.1) is 17.9 Å². The molecule has 1 aromatic rings. The molecular weight excluding hydrogens is 249 g/mol. The SMILES string of the molecule is CCOC(=O)c1ccc(F)c(NC=C(C#N)C#N)c1. The Morgan fingerprint density at radius 1 is 1.47 bits per heavy atom. The first-order valence-electron chi connectivity index (χ1n) is 5.36. The Morgan fingerprint density at radius 3 is 2.74 bits per heavy atom. The summed E-state index contributed by atoms with van der Waals surface area (Å²) in [7, 11) is 0. The van der Waals surface area contributed by atoms with Crippen molar-refractivity contribution in [2.45, 2.75) is 6.92 Å². The lowest BCUT2D eigenvalue weighted by Crippen LogP contribution is -2.05. The summed E-state index contributed by atoms with van der Waals surface area (Å²) >= 11 is 0. The highest BCUT2D eigenvalue weighted by Gasteiger charge is 2.10. The predicted octanol–water partition coefficient (Wildman–Crippen LogP) is 2.35. The zero-order valence-corrected chi connectivity index (χ0v) is 10.1. The molecule has 0 fully saturated rings. The van der Waals surface area contributed by atoms with Crippen molar-refractivity contribution >= 4 is 11.7 Å². The number of carbonyl (C=O) groups excluding carboxylic acids is 1. The van der Waals surface area contributed by atoms with Gasteiger partial charge in [-0.1, -0.05) is 0 Å². The van der Waals surface area contributed by atoms with Crippen molar-refractivity contribution in [1.82, 2.24) is 0 Å². The molecule has 0 unspecified atom stereocenters. The van der Waals surface area contributed by atoms with Crippen LogP contribution < -0.4 is 5.32 Å². The zero-order chi connectivity index (χ0) is 14.3. The topological polar surface area (TPSA) is 85.9 Å². The predicted molar refractivity (Wildman–Crippen MR) is 65.3 cm³/mol. The van der Waals surface area contributed by atoms with Crippen molar-refractivity contribution in [3.8, 4) is 12.1 Å². The third-order valence-corrected chi connectivity index (χ3v) is 2.09. The van der Waals surface area contributed by atoms with E-state index in [1.807, 2.05) is 0 Å². The van der Waals surface area contributed by atoms with E-state index in [9.17, 15) is 9.18 Å². The average molecular weight is 259 g/mol. The van der Waals surface area contributed by atoms with Crippen molar-refractivity contribution in [2.24, 2.45) is 0 Å². The highest BCUT2D eigenvalue weighted by atomic mass is 19.1. The molecule has 19 heavy (non-hydrogen) atoms. The van der Waals surface area contributed by atoms with Crippen LogP contribution in [0.4, 0.5) is 10.1 Å². The quantitative estimate of drug-likeness (QED) is 0.662. The molecule has 0 bridgehead atoms. The second-order valence-electron chi connectivity index (χ2n) is 3.34. The van der Waals surface area contributed by atoms with Gasteiger partial charge in [-0.25, -0.2) is 9.18 Å². The van der Waals surface area contributed by atoms with Gasteiger partial charge in [0.25, 0.3) is 0 Å². The van der Waals surface area contributed by atoms with E-state index in [0.717, 1.165) is 12.3 Å². The molecule has 0 saturated carbocycles. The van der Waals surface area contributed by atoms with Gasteiger partial charge < -0.3 is 10.1 Å². The summed E-state index contributed by atoms with van der Waals surface area (Å²) < 4.78 is 18.2. The number of nitrogens with one attached hydrogen (secondary N) is 1. The lowest BCUT2D eigenvalue weighted by molar-refractivity contribution is 0.0526. The van der Waals surface area contributed by atoms with Gasteiger partial charge in [-0.05, 0) is 25.1 Å². The number of esters is 1. The summed E-state index contributed by atoms with van der Waals surface area (Å²) in [5.74, 6) is -1.19. The van der Waals surface area contributed by atoms with Gasteiger partial charge in [-0.3, -0.25) is 0 Å². The van der Waals surface area contributed by atoms with E-state index >= 15 is 0 Å². The standard InChI is InChI=1S/C13H10FN3O2/c1-2-19-13(18)10-3-4-11(14)12(5-10)17-8-9(6-15)7-16/h3-5,8,17H,2H2,1H3. The molecule has 1 N–H and O–H groups in total. The van der Waals surface area contributed by atoms with Gasteiger partial charge in [0.1, 0.15) is 23.5 Å². The molecule has 0 spiro atoms. The van der Waals surface area contributed by atoms with Gasteiger partial charge in [0.2, 0.25) is 0 Å². The monoisotopic (exact) mass is 259 g/mol. The summed E-state index contributed by atoms with van der Waals surface area (Å²) in [5, 5.41) is 19.5. The number of anilines is 1. The van der Waals surface area contributed by atoms with E-state index in [-0.39, 0.29) is 23.4 Å². The van der Waals surface area contributed by atoms with Crippen LogP contribution in [0.15, 0.2) is 30.0 Å². The first-order chi connectivity index (χ1) is 9.12. The summed E-state index contributed by atoms with van der Waals surface area (Å²) in [6.45, 7) is 1.88. The number of halogens is 1. The number of nitriles is 2. The molecule has 0 aliphatic carbocycles. The molecule has 5 nitrogen and oxygen atoms in total. The average Bonchev–Trinajstić information content (AvgIpc) is 2.42. The van der Waals surface area contributed by atoms with E-state index in [4.69, 9.17) is 15.3 Å². The van der Waals surface area contributed by atoms with E-state index < -0.39 is 11.8 Å². The Hall–Kier alpha value is -2.86. The van der Waals surface area contributed by atoms with Gasteiger partial charge in [0, 0.05) is 6.20 Å². The number of hydrogen-bond donors (Lipinski definition) is 1. The lowest BCUT2D eigenvalue weighted by Gasteiger charge is -2.06. The lowest BCUT2D eigenvalue weighted by atomic mass is 10.2. The molecule has 0 aliphatic heterocycles. The molecule has 0 amide bonds. The molecule has 1 aromatic carbocycles. The van der Waals surface area contributed by atoms with E-state index in [1.54, 1.807) is 19.1 Å². The van der Waals surface area contributed by atoms with Crippen LogP contribution in [0.1, 0.15) is 17.3 Å². The molecule has 0 radical (unpaired) electrons. The minimum Gasteiger partial charge on any atom is -0.462 e. The maximum Gasteiger partial charge on any atom is 0.338 e. The summed E-state index contributed by atoms with van der Waals surface area (Å²) in [4.78, 5) is 11.5. The largest absolute Gasteiger partial charge is 0.462 e. The van der Waals surface area contributed by atoms with E-state index in [2.05, 4.69) is 5.32 Å². The highest BCUT2D eigenvalue weighted by Crippen LogP contribution is 2.17. The Labute approximate surface area is 109 Å². The smallest absolute Gasteiger partial charge is 0.338 e. The molecule has 0 heterocycles. The Balaban J connectivity index is 2.99. The zero-order valence-electron chi connectivity index (χ0n) is 10.1. The fraction of sp³-hybridized carbons (Fsp3) is 0.154. The molecule has 1 rings (SSSR count). The molecule has 96 valence electrons. The van der Waals surface area contributed by atoms with Crippen molar-refractivity contribution < 1.29 is 13.9 Å². The number of rotatable bonds is 4. The third-order valence-electron chi connectivity index (χ3n) is 2.09. The molecule has 6 heteroatoms. The van der Waals surface area contributed by atoms with Gasteiger partial charge in [0.15, 0.2) is 0 Å². The van der Waals surface area contributed by atoms with Crippen LogP contribution in [0, 0.1) is 28.5 Å². The van der Waals surface area contributed by atoms with Crippen molar-refractivity contribution in [3.63, 3.8) is 0 Å². The van der Waals surface area contributed by atoms with E-state index in [1.165, 1.54) is 12.1 Å². The first-order valence-corrected chi connectivity index (χ1v) is 5.36. The number of allylic oxidation sites excluding steroid dienone is 1. The van der Waals surface area contributed by atoms with Gasteiger partial charge in [-0.2, -0.15) is 10.5 Å². The number of nitrogens with zero attached hydrogens (tertiary/aromatic N) is 2. The summed E-state index contributed by atoms with van der Waals surface area (Å²) in [5.41, 5.74) is -0.0518. The van der Waals surface area contributed by atoms with Crippen LogP contribution in [0.3, 0.4) is 0 Å². The van der Waals surface area contributed by atoms with Crippen molar-refractivity contribution in [3.05, 3.63) is 41.4 Å². The number of ether oxygens (including phenoxy) is 1. The number of hydrogen-bond acceptors (Lipinski definition) is 5. The van der Waals surface area contributed by atoms with Crippen LogP contribution in [-0.4, -0.2) is 12.6 Å².